The third-order valence-corrected chi connectivity index (χ3v) is 6.31. The van der Waals surface area contributed by atoms with Gasteiger partial charge in [-0.3, -0.25) is 19.3 Å². The maximum absolute atomic E-state index is 12.9. The molecule has 1 atom stereocenters. The summed E-state index contributed by atoms with van der Waals surface area (Å²) < 4.78 is 1.17. The van der Waals surface area contributed by atoms with Gasteiger partial charge in [-0.05, 0) is 38.2 Å². The van der Waals surface area contributed by atoms with Crippen LogP contribution in [-0.4, -0.2) is 56.1 Å². The Hall–Kier alpha value is -3.10. The predicted molar refractivity (Wildman–Crippen MR) is 120 cm³/mol. The molecular weight excluding hydrogens is 408 g/mol. The number of carbonyl (C=O) groups is 2. The number of hydrogen-bond acceptors (Lipinski definition) is 6. The molecule has 32 heavy (non-hydrogen) atoms. The molecule has 0 N–H and O–H groups in total. The van der Waals surface area contributed by atoms with Crippen LogP contribution in [0.3, 0.4) is 0 Å². The highest BCUT2D eigenvalue weighted by Gasteiger charge is 2.33. The molecule has 0 aromatic carbocycles. The summed E-state index contributed by atoms with van der Waals surface area (Å²) in [6.45, 7) is 8.00. The minimum atomic E-state index is -0.254. The van der Waals surface area contributed by atoms with Crippen LogP contribution >= 0.6 is 0 Å². The molecule has 0 aliphatic carbocycles. The molecule has 2 aliphatic heterocycles. The van der Waals surface area contributed by atoms with Gasteiger partial charge in [0, 0.05) is 56.3 Å². The molecule has 0 bridgehead atoms. The van der Waals surface area contributed by atoms with Crippen molar-refractivity contribution in [1.29, 1.82) is 0 Å². The number of likely N-dealkylation sites (tertiary alicyclic amines) is 1. The van der Waals surface area contributed by atoms with Crippen LogP contribution in [0.1, 0.15) is 66.6 Å². The van der Waals surface area contributed by atoms with Crippen LogP contribution in [0.4, 0.5) is 5.82 Å². The van der Waals surface area contributed by atoms with Crippen molar-refractivity contribution in [3.05, 3.63) is 45.3 Å². The predicted octanol–water partition coefficient (Wildman–Crippen LogP) is 1.83. The second-order valence-electron chi connectivity index (χ2n) is 9.11. The lowest BCUT2D eigenvalue weighted by Crippen LogP contribution is -2.38. The minimum Gasteiger partial charge on any atom is -0.336 e. The van der Waals surface area contributed by atoms with Crippen LogP contribution < -0.4 is 10.5 Å². The van der Waals surface area contributed by atoms with E-state index < -0.39 is 0 Å². The van der Waals surface area contributed by atoms with Gasteiger partial charge in [-0.1, -0.05) is 13.8 Å². The van der Waals surface area contributed by atoms with Crippen molar-refractivity contribution in [1.82, 2.24) is 24.6 Å². The molecule has 0 spiro atoms. The Morgan fingerprint density at radius 2 is 1.97 bits per heavy atom. The van der Waals surface area contributed by atoms with Crippen molar-refractivity contribution in [2.75, 3.05) is 24.5 Å². The zero-order chi connectivity index (χ0) is 23.0. The van der Waals surface area contributed by atoms with E-state index in [2.05, 4.69) is 18.9 Å². The van der Waals surface area contributed by atoms with Crippen molar-refractivity contribution >= 4 is 17.6 Å². The van der Waals surface area contributed by atoms with E-state index in [0.29, 0.717) is 44.2 Å². The van der Waals surface area contributed by atoms with Crippen LogP contribution in [0.25, 0.3) is 0 Å². The Morgan fingerprint density at radius 3 is 2.69 bits per heavy atom. The van der Waals surface area contributed by atoms with Crippen molar-refractivity contribution in [2.24, 2.45) is 13.0 Å². The third-order valence-electron chi connectivity index (χ3n) is 6.31. The molecular formula is C23H30N6O3. The van der Waals surface area contributed by atoms with Gasteiger partial charge in [0.2, 0.25) is 5.91 Å². The molecule has 9 heteroatoms. The van der Waals surface area contributed by atoms with Gasteiger partial charge < -0.3 is 4.90 Å². The molecule has 4 heterocycles. The van der Waals surface area contributed by atoms with Crippen LogP contribution in [0.2, 0.25) is 0 Å². The molecule has 2 aliphatic rings. The fraction of sp³-hybridized carbons (Fsp3) is 0.565. The zero-order valence-electron chi connectivity index (χ0n) is 19.2. The lowest BCUT2D eigenvalue weighted by molar-refractivity contribution is -0.119. The SMILES string of the molecule is Cc1nc([C@@H]2CCN(C(=O)c3ccc(=O)n(C)n3)C2)nc2c1CCC(=O)N2CCC(C)C. The van der Waals surface area contributed by atoms with Gasteiger partial charge in [-0.2, -0.15) is 5.10 Å². The van der Waals surface area contributed by atoms with Crippen molar-refractivity contribution in [2.45, 2.75) is 52.4 Å². The summed E-state index contributed by atoms with van der Waals surface area (Å²) in [7, 11) is 1.53. The standard InChI is InChI=1S/C23H30N6O3/c1-14(2)9-12-29-20(31)7-5-17-15(3)24-21(25-22(17)29)16-10-11-28(13-16)23(32)18-6-8-19(30)27(4)26-18/h6,8,14,16H,5,7,9-13H2,1-4H3/t16-/m1/s1. The van der Waals surface area contributed by atoms with E-state index in [0.717, 1.165) is 29.9 Å². The zero-order valence-corrected chi connectivity index (χ0v) is 19.2. The monoisotopic (exact) mass is 438 g/mol. The number of carbonyl (C=O) groups excluding carboxylic acids is 2. The van der Waals surface area contributed by atoms with Gasteiger partial charge >= 0.3 is 0 Å². The lowest BCUT2D eigenvalue weighted by atomic mass is 10.0. The Labute approximate surface area is 187 Å². The lowest BCUT2D eigenvalue weighted by Gasteiger charge is -2.30. The fourth-order valence-electron chi connectivity index (χ4n) is 4.34. The molecule has 0 radical (unpaired) electrons. The van der Waals surface area contributed by atoms with E-state index in [4.69, 9.17) is 9.97 Å². The normalized spacial score (nSPS) is 18.4. The molecule has 2 amide bonds. The topological polar surface area (TPSA) is 101 Å². The van der Waals surface area contributed by atoms with Gasteiger partial charge in [0.25, 0.3) is 11.5 Å². The second-order valence-corrected chi connectivity index (χ2v) is 9.11. The number of amides is 2. The maximum Gasteiger partial charge on any atom is 0.274 e. The van der Waals surface area contributed by atoms with Crippen molar-refractivity contribution in [3.8, 4) is 0 Å². The largest absolute Gasteiger partial charge is 0.336 e. The molecule has 0 unspecified atom stereocenters. The molecule has 1 saturated heterocycles. The van der Waals surface area contributed by atoms with Gasteiger partial charge in [0.15, 0.2) is 0 Å². The third kappa shape index (κ3) is 4.28. The van der Waals surface area contributed by atoms with E-state index in [1.54, 1.807) is 4.90 Å². The van der Waals surface area contributed by atoms with Crippen LogP contribution in [0.15, 0.2) is 16.9 Å². The maximum atomic E-state index is 12.9. The summed E-state index contributed by atoms with van der Waals surface area (Å²) in [6.07, 6.45) is 2.83. The second kappa shape index (κ2) is 8.80. The van der Waals surface area contributed by atoms with Crippen molar-refractivity contribution < 1.29 is 9.59 Å². The number of anilines is 1. The molecule has 2 aromatic heterocycles. The highest BCUT2D eigenvalue weighted by Crippen LogP contribution is 2.32. The number of fused-ring (bicyclic) bond motifs is 1. The number of aryl methyl sites for hydroxylation is 2. The first-order valence-corrected chi connectivity index (χ1v) is 11.3. The van der Waals surface area contributed by atoms with Crippen LogP contribution in [0, 0.1) is 12.8 Å². The Balaban J connectivity index is 1.56. The summed E-state index contributed by atoms with van der Waals surface area (Å²) in [5.41, 5.74) is 1.96. The Kier molecular flexibility index (Phi) is 6.08. The summed E-state index contributed by atoms with van der Waals surface area (Å²) in [6, 6.07) is 2.82. The summed E-state index contributed by atoms with van der Waals surface area (Å²) in [5, 5.41) is 4.08. The van der Waals surface area contributed by atoms with Gasteiger partial charge in [0.1, 0.15) is 17.3 Å². The molecule has 2 aromatic rings. The average molecular weight is 439 g/mol. The Bertz CT molecular complexity index is 1110. The summed E-state index contributed by atoms with van der Waals surface area (Å²) >= 11 is 0. The highest BCUT2D eigenvalue weighted by atomic mass is 16.2. The van der Waals surface area contributed by atoms with Gasteiger partial charge in [-0.25, -0.2) is 14.6 Å². The number of aromatic nitrogens is 4. The van der Waals surface area contributed by atoms with E-state index >= 15 is 0 Å². The molecule has 4 rings (SSSR count). The Morgan fingerprint density at radius 1 is 1.19 bits per heavy atom. The van der Waals surface area contributed by atoms with Crippen molar-refractivity contribution in [3.63, 3.8) is 0 Å². The summed E-state index contributed by atoms with van der Waals surface area (Å²) in [5.74, 6) is 1.84. The quantitative estimate of drug-likeness (QED) is 0.706. The molecule has 9 nitrogen and oxygen atoms in total. The average Bonchev–Trinajstić information content (AvgIpc) is 3.24. The minimum absolute atomic E-state index is 0.000501. The number of hydrogen-bond donors (Lipinski definition) is 0. The molecule has 0 saturated carbocycles. The van der Waals surface area contributed by atoms with E-state index in [-0.39, 0.29) is 29.0 Å². The fourth-order valence-corrected chi connectivity index (χ4v) is 4.34. The van der Waals surface area contributed by atoms with E-state index in [9.17, 15) is 14.4 Å². The first kappa shape index (κ1) is 22.1. The number of rotatable bonds is 5. The number of nitrogens with zero attached hydrogens (tertiary/aromatic N) is 6. The first-order chi connectivity index (χ1) is 15.2. The molecule has 170 valence electrons. The van der Waals surface area contributed by atoms with Crippen LogP contribution in [-0.2, 0) is 18.3 Å². The molecule has 1 fully saturated rings. The summed E-state index contributed by atoms with van der Waals surface area (Å²) in [4.78, 5) is 50.3. The first-order valence-electron chi connectivity index (χ1n) is 11.3. The van der Waals surface area contributed by atoms with E-state index in [1.165, 1.54) is 23.9 Å². The van der Waals surface area contributed by atoms with Gasteiger partial charge in [0.05, 0.1) is 0 Å². The smallest absolute Gasteiger partial charge is 0.274 e. The van der Waals surface area contributed by atoms with Crippen LogP contribution in [0.5, 0.6) is 0 Å². The highest BCUT2D eigenvalue weighted by molar-refractivity contribution is 5.95. The van der Waals surface area contributed by atoms with E-state index in [1.807, 2.05) is 11.8 Å². The van der Waals surface area contributed by atoms with Gasteiger partial charge in [-0.15, -0.1) is 0 Å².